The first-order valence-corrected chi connectivity index (χ1v) is 30.0. The summed E-state index contributed by atoms with van der Waals surface area (Å²) < 4.78 is 34.3. The van der Waals surface area contributed by atoms with Crippen molar-refractivity contribution in [2.45, 2.75) is 340 Å². The van der Waals surface area contributed by atoms with Gasteiger partial charge in [0.1, 0.15) is 5.25 Å². The molecule has 0 aromatic carbocycles. The topological polar surface area (TPSA) is 135 Å². The third-order valence-corrected chi connectivity index (χ3v) is 15.6. The molecule has 1 atom stereocenters. The third-order valence-electron chi connectivity index (χ3n) is 14.4. The Hall–Kier alpha value is 0.850. The van der Waals surface area contributed by atoms with E-state index in [1.54, 1.807) is 0 Å². The van der Waals surface area contributed by atoms with E-state index in [0.29, 0.717) is 25.7 Å². The second kappa shape index (κ2) is 53.6. The van der Waals surface area contributed by atoms with Gasteiger partial charge < -0.3 is 19.8 Å². The number of unbranched alkanes of at least 4 members (excludes halogenated alkanes) is 46. The van der Waals surface area contributed by atoms with Crippen LogP contribution < -0.4 is 69.3 Å². The minimum Gasteiger partial charge on any atom is -0.549 e. The Labute approximate surface area is 455 Å². The van der Waals surface area contributed by atoms with Gasteiger partial charge in [-0.05, 0) is 12.8 Å². The molecule has 0 aromatic rings. The number of carboxylic acid groups (broad SMARTS) is 2. The second-order valence-corrected chi connectivity index (χ2v) is 21.9. The van der Waals surface area contributed by atoms with Crippen molar-refractivity contribution in [3.05, 3.63) is 0 Å². The summed E-state index contributed by atoms with van der Waals surface area (Å²) in [5.41, 5.74) is -2.20. The van der Waals surface area contributed by atoms with Crippen molar-refractivity contribution in [3.8, 4) is 0 Å². The summed E-state index contributed by atoms with van der Waals surface area (Å²) in [4.78, 5) is 24.6. The largest absolute Gasteiger partial charge is 1.00 e. The van der Waals surface area contributed by atoms with E-state index in [1.165, 1.54) is 244 Å². The van der Waals surface area contributed by atoms with Crippen LogP contribution in [0.1, 0.15) is 335 Å². The minimum absolute atomic E-state index is 0. The molecule has 0 amide bonds. The van der Waals surface area contributed by atoms with Crippen LogP contribution in [0.2, 0.25) is 0 Å². The number of rotatable bonds is 54. The van der Waals surface area contributed by atoms with Crippen molar-refractivity contribution in [2.24, 2.45) is 5.41 Å². The first-order chi connectivity index (χ1) is 31.1. The molecule has 0 bridgehead atoms. The smallest absolute Gasteiger partial charge is 0.549 e. The first kappa shape index (κ1) is 71.1. The maximum Gasteiger partial charge on any atom is 1.00 e. The number of carbonyl (C=O) groups is 2. The monoisotopic (exact) mass is 971 g/mol. The molecule has 0 aliphatic rings. The summed E-state index contributed by atoms with van der Waals surface area (Å²) in [6.45, 7) is 4.56. The average molecular weight is 972 g/mol. The van der Waals surface area contributed by atoms with Crippen molar-refractivity contribution >= 4 is 22.1 Å². The second-order valence-electron chi connectivity index (χ2n) is 20.4. The van der Waals surface area contributed by atoms with Gasteiger partial charge in [0, 0.05) is 11.4 Å². The third kappa shape index (κ3) is 44.8. The minimum atomic E-state index is -5.21. The van der Waals surface area contributed by atoms with Gasteiger partial charge in [0.25, 0.3) is 10.1 Å². The van der Waals surface area contributed by atoms with Crippen molar-refractivity contribution in [1.29, 1.82) is 0 Å². The Balaban J connectivity index is -0.0000198. The summed E-state index contributed by atoms with van der Waals surface area (Å²) in [7, 11) is -5.21. The molecule has 10 heteroatoms. The van der Waals surface area contributed by atoms with E-state index in [4.69, 9.17) is 0 Å². The number of aliphatic carboxylic acids is 2. The Kier molecular flexibility index (Phi) is 57.8. The summed E-state index contributed by atoms with van der Waals surface area (Å²) in [5, 5.41) is 22.1. The number of hydrogen-bond donors (Lipinski definition) is 1. The SMILES string of the molecule is CCCCCCCCCCCCCCCCCCCCCCCCCCC(CCCCCCCCCCCCCCCCCCCCCCCCCC)(C(=O)[O-])C(C(=O)[O-])S(=O)(=O)O.[Na+].[Na+]. The molecule has 0 rings (SSSR count). The molecule has 0 radical (unpaired) electrons. The van der Waals surface area contributed by atoms with E-state index < -0.39 is 32.7 Å². The fraction of sp³-hybridized carbons (Fsp3) is 0.964. The summed E-state index contributed by atoms with van der Waals surface area (Å²) >= 11 is 0. The summed E-state index contributed by atoms with van der Waals surface area (Å²) in [6.07, 6.45) is 59.5. The van der Waals surface area contributed by atoms with Crippen molar-refractivity contribution in [1.82, 2.24) is 0 Å². The zero-order valence-electron chi connectivity index (χ0n) is 44.7. The molecule has 382 valence electrons. The normalized spacial score (nSPS) is 12.2. The summed E-state index contributed by atoms with van der Waals surface area (Å²) in [6, 6.07) is 0. The van der Waals surface area contributed by atoms with Gasteiger partial charge in [0.15, 0.2) is 0 Å². The maximum atomic E-state index is 12.6. The average Bonchev–Trinajstić information content (AvgIpc) is 3.25. The number of carboxylic acids is 2. The molecule has 66 heavy (non-hydrogen) atoms. The molecular weight excluding hydrogens is 863 g/mol. The van der Waals surface area contributed by atoms with Gasteiger partial charge in [-0.3, -0.25) is 4.55 Å². The maximum absolute atomic E-state index is 12.6. The van der Waals surface area contributed by atoms with Gasteiger partial charge >= 0.3 is 59.1 Å². The fourth-order valence-electron chi connectivity index (χ4n) is 10.1. The molecule has 7 nitrogen and oxygen atoms in total. The van der Waals surface area contributed by atoms with Gasteiger partial charge in [-0.1, -0.05) is 322 Å². The summed E-state index contributed by atoms with van der Waals surface area (Å²) in [5.74, 6) is -3.79. The zero-order valence-corrected chi connectivity index (χ0v) is 49.6. The molecule has 0 aromatic heterocycles. The van der Waals surface area contributed by atoms with E-state index in [9.17, 15) is 32.8 Å². The van der Waals surface area contributed by atoms with Crippen molar-refractivity contribution < 1.29 is 91.9 Å². The molecule has 0 spiro atoms. The zero-order chi connectivity index (χ0) is 47.1. The van der Waals surface area contributed by atoms with Gasteiger partial charge in [-0.15, -0.1) is 0 Å². The van der Waals surface area contributed by atoms with E-state index in [-0.39, 0.29) is 72.0 Å². The van der Waals surface area contributed by atoms with Crippen LogP contribution in [0.15, 0.2) is 0 Å². The molecule has 1 unspecified atom stereocenters. The Morgan fingerprint density at radius 2 is 0.500 bits per heavy atom. The molecule has 0 saturated carbocycles. The molecule has 0 saturated heterocycles. The van der Waals surface area contributed by atoms with E-state index in [0.717, 1.165) is 38.5 Å². The Morgan fingerprint density at radius 1 is 0.348 bits per heavy atom. The van der Waals surface area contributed by atoms with Crippen LogP contribution in [0.25, 0.3) is 0 Å². The molecule has 0 fully saturated rings. The van der Waals surface area contributed by atoms with Crippen LogP contribution in [0, 0.1) is 5.41 Å². The molecule has 0 aliphatic carbocycles. The van der Waals surface area contributed by atoms with Crippen LogP contribution in [-0.4, -0.2) is 30.2 Å². The Morgan fingerprint density at radius 3 is 0.621 bits per heavy atom. The van der Waals surface area contributed by atoms with E-state index >= 15 is 0 Å². The predicted molar refractivity (Wildman–Crippen MR) is 270 cm³/mol. The molecule has 1 N–H and O–H groups in total. The van der Waals surface area contributed by atoms with Gasteiger partial charge in [-0.25, -0.2) is 0 Å². The van der Waals surface area contributed by atoms with Gasteiger partial charge in [-0.2, -0.15) is 8.42 Å². The van der Waals surface area contributed by atoms with Crippen LogP contribution >= 0.6 is 0 Å². The van der Waals surface area contributed by atoms with E-state index in [2.05, 4.69) is 13.8 Å². The standard InChI is InChI=1S/C56H110O7S.2Na/c1-3-5-7-9-11-13-15-17-19-21-23-25-27-29-31-33-35-37-39-41-43-45-47-49-51-56(55(59)60,53(54(57)58)64(61,62)63)52-50-48-46-44-42-40-38-36-34-32-30-28-26-24-22-20-18-16-14-12-10-8-6-4-2;;/h53H,3-52H2,1-2H3,(H,57,58)(H,59,60)(H,61,62,63);;/q;2*+1/p-2. The van der Waals surface area contributed by atoms with Gasteiger partial charge in [0.05, 0.1) is 5.97 Å². The Bertz CT molecular complexity index is 1070. The molecule has 0 heterocycles. The van der Waals surface area contributed by atoms with Crippen molar-refractivity contribution in [2.75, 3.05) is 0 Å². The van der Waals surface area contributed by atoms with Crippen LogP contribution in [-0.2, 0) is 19.7 Å². The molecular formula is C56H108Na2O7S. The van der Waals surface area contributed by atoms with Crippen LogP contribution in [0.3, 0.4) is 0 Å². The van der Waals surface area contributed by atoms with Crippen LogP contribution in [0.4, 0.5) is 0 Å². The predicted octanol–water partition coefficient (Wildman–Crippen LogP) is 10.3. The first-order valence-electron chi connectivity index (χ1n) is 28.5. The van der Waals surface area contributed by atoms with Crippen LogP contribution in [0.5, 0.6) is 0 Å². The number of hydrogen-bond acceptors (Lipinski definition) is 6. The van der Waals surface area contributed by atoms with Gasteiger partial charge in [0.2, 0.25) is 0 Å². The quantitative estimate of drug-likeness (QED) is 0.0364. The fourth-order valence-corrected chi connectivity index (χ4v) is 11.3. The van der Waals surface area contributed by atoms with Crippen molar-refractivity contribution in [3.63, 3.8) is 0 Å². The number of carbonyl (C=O) groups excluding carboxylic acids is 2. The van der Waals surface area contributed by atoms with E-state index in [1.807, 2.05) is 0 Å². The molecule has 0 aliphatic heterocycles.